The van der Waals surface area contributed by atoms with Gasteiger partial charge in [0.05, 0.1) is 12.2 Å². The van der Waals surface area contributed by atoms with Crippen molar-refractivity contribution in [2.75, 3.05) is 40.3 Å². The number of aromatic nitrogens is 3. The average molecular weight is 294 g/mol. The second-order valence-corrected chi connectivity index (χ2v) is 5.83. The highest BCUT2D eigenvalue weighted by Gasteiger charge is 2.18. The van der Waals surface area contributed by atoms with Crippen molar-refractivity contribution in [3.63, 3.8) is 0 Å². The van der Waals surface area contributed by atoms with Gasteiger partial charge in [0, 0.05) is 6.54 Å². The van der Waals surface area contributed by atoms with Gasteiger partial charge in [-0.3, -0.25) is 4.79 Å². The minimum absolute atomic E-state index is 0.125. The van der Waals surface area contributed by atoms with E-state index in [9.17, 15) is 4.79 Å². The predicted octanol–water partition coefficient (Wildman–Crippen LogP) is 0.274. The molecule has 2 heterocycles. The van der Waals surface area contributed by atoms with Gasteiger partial charge in [-0.1, -0.05) is 5.21 Å². The lowest BCUT2D eigenvalue weighted by molar-refractivity contribution is 0.0947. The molecule has 0 aliphatic carbocycles. The second kappa shape index (κ2) is 8.09. The fraction of sp³-hybridized carbons (Fsp3) is 0.786. The maximum atomic E-state index is 12.0. The lowest BCUT2D eigenvalue weighted by Crippen LogP contribution is -2.29. The van der Waals surface area contributed by atoms with Crippen LogP contribution in [0.2, 0.25) is 0 Å². The molecule has 1 amide bonds. The summed E-state index contributed by atoms with van der Waals surface area (Å²) < 4.78 is 1.84. The number of carbonyl (C=O) groups is 1. The third-order valence-electron chi connectivity index (χ3n) is 3.74. The van der Waals surface area contributed by atoms with E-state index in [1.165, 1.54) is 0 Å². The zero-order chi connectivity index (χ0) is 15.1. The van der Waals surface area contributed by atoms with Crippen molar-refractivity contribution in [1.82, 2.24) is 30.5 Å². The van der Waals surface area contributed by atoms with Gasteiger partial charge in [-0.2, -0.15) is 0 Å². The molecular weight excluding hydrogens is 268 g/mol. The molecular formula is C14H26N6O. The first kappa shape index (κ1) is 15.9. The molecule has 0 atom stereocenters. The van der Waals surface area contributed by atoms with Gasteiger partial charge in [0.25, 0.3) is 5.91 Å². The Morgan fingerprint density at radius 3 is 2.90 bits per heavy atom. The van der Waals surface area contributed by atoms with Gasteiger partial charge in [0.2, 0.25) is 0 Å². The monoisotopic (exact) mass is 294 g/mol. The van der Waals surface area contributed by atoms with E-state index in [-0.39, 0.29) is 5.91 Å². The van der Waals surface area contributed by atoms with Crippen LogP contribution in [-0.4, -0.2) is 66.1 Å². The molecule has 118 valence electrons. The number of nitrogens with one attached hydrogen (secondary N) is 2. The Balaban J connectivity index is 1.73. The molecule has 2 N–H and O–H groups in total. The number of nitrogens with zero attached hydrogens (tertiary/aromatic N) is 4. The highest BCUT2D eigenvalue weighted by atomic mass is 16.2. The van der Waals surface area contributed by atoms with Crippen molar-refractivity contribution in [3.8, 4) is 0 Å². The van der Waals surface area contributed by atoms with E-state index in [1.54, 1.807) is 6.20 Å². The fourth-order valence-corrected chi connectivity index (χ4v) is 2.48. The molecule has 1 fully saturated rings. The highest BCUT2D eigenvalue weighted by molar-refractivity contribution is 5.91. The van der Waals surface area contributed by atoms with E-state index < -0.39 is 0 Å². The summed E-state index contributed by atoms with van der Waals surface area (Å²) in [4.78, 5) is 14.1. The van der Waals surface area contributed by atoms with Gasteiger partial charge in [0.1, 0.15) is 0 Å². The van der Waals surface area contributed by atoms with Crippen LogP contribution < -0.4 is 10.6 Å². The fourth-order valence-electron chi connectivity index (χ4n) is 2.48. The van der Waals surface area contributed by atoms with E-state index in [0.717, 1.165) is 45.3 Å². The van der Waals surface area contributed by atoms with Crippen LogP contribution in [0.5, 0.6) is 0 Å². The average Bonchev–Trinajstić information content (AvgIpc) is 2.97. The number of carbonyl (C=O) groups excluding carboxylic acids is 1. The summed E-state index contributed by atoms with van der Waals surface area (Å²) in [5.74, 6) is -0.125. The molecule has 0 unspecified atom stereocenters. The molecule has 1 aliphatic rings. The van der Waals surface area contributed by atoms with Crippen LogP contribution in [0.15, 0.2) is 6.20 Å². The first-order chi connectivity index (χ1) is 10.2. The lowest BCUT2D eigenvalue weighted by Gasteiger charge is -2.22. The molecule has 1 saturated heterocycles. The summed E-state index contributed by atoms with van der Waals surface area (Å²) in [5, 5.41) is 14.3. The molecule has 0 aromatic carbocycles. The van der Waals surface area contributed by atoms with Gasteiger partial charge in [-0.15, -0.1) is 5.10 Å². The van der Waals surface area contributed by atoms with E-state index in [4.69, 9.17) is 0 Å². The Bertz CT molecular complexity index is 438. The number of unbranched alkanes of at least 4 members (excludes halogenated alkanes) is 1. The summed E-state index contributed by atoms with van der Waals surface area (Å²) >= 11 is 0. The van der Waals surface area contributed by atoms with Gasteiger partial charge in [-0.25, -0.2) is 4.68 Å². The van der Waals surface area contributed by atoms with Gasteiger partial charge in [0.15, 0.2) is 5.69 Å². The summed E-state index contributed by atoms with van der Waals surface area (Å²) in [7, 11) is 4.11. The van der Waals surface area contributed by atoms with Crippen LogP contribution in [-0.2, 0) is 0 Å². The lowest BCUT2D eigenvalue weighted by atomic mass is 10.1. The Labute approximate surface area is 126 Å². The van der Waals surface area contributed by atoms with Crippen LogP contribution in [0.25, 0.3) is 0 Å². The quantitative estimate of drug-likeness (QED) is 0.706. The number of hydrogen-bond acceptors (Lipinski definition) is 5. The molecule has 1 aliphatic heterocycles. The first-order valence-electron chi connectivity index (χ1n) is 7.72. The molecule has 0 radical (unpaired) electrons. The van der Waals surface area contributed by atoms with Crippen LogP contribution in [0.4, 0.5) is 0 Å². The number of hydrogen-bond donors (Lipinski definition) is 2. The van der Waals surface area contributed by atoms with E-state index in [1.807, 2.05) is 4.68 Å². The van der Waals surface area contributed by atoms with E-state index in [2.05, 4.69) is 39.9 Å². The normalized spacial score (nSPS) is 16.3. The summed E-state index contributed by atoms with van der Waals surface area (Å²) in [5.41, 5.74) is 0.418. The molecule has 21 heavy (non-hydrogen) atoms. The van der Waals surface area contributed by atoms with Crippen LogP contribution in [0, 0.1) is 0 Å². The molecule has 0 bridgehead atoms. The zero-order valence-corrected chi connectivity index (χ0v) is 13.0. The Hall–Kier alpha value is -1.47. The SMILES string of the molecule is CN(C)CCCCNC(=O)c1cn(C2CCNCC2)nn1. The molecule has 1 aromatic rings. The number of piperidine rings is 1. The molecule has 7 heteroatoms. The summed E-state index contributed by atoms with van der Waals surface area (Å²) in [6.07, 6.45) is 5.90. The van der Waals surface area contributed by atoms with E-state index in [0.29, 0.717) is 18.3 Å². The van der Waals surface area contributed by atoms with Gasteiger partial charge in [-0.05, 0) is 59.4 Å². The third-order valence-corrected chi connectivity index (χ3v) is 3.74. The van der Waals surface area contributed by atoms with Crippen molar-refractivity contribution in [2.45, 2.75) is 31.7 Å². The number of rotatable bonds is 7. The molecule has 0 spiro atoms. The summed E-state index contributed by atoms with van der Waals surface area (Å²) in [6, 6.07) is 0.361. The third kappa shape index (κ3) is 5.09. The predicted molar refractivity (Wildman–Crippen MR) is 81.3 cm³/mol. The van der Waals surface area contributed by atoms with Crippen molar-refractivity contribution < 1.29 is 4.79 Å². The Morgan fingerprint density at radius 1 is 1.43 bits per heavy atom. The standard InChI is InChI=1S/C14H26N6O/c1-19(2)10-4-3-7-16-14(21)13-11-20(18-17-13)12-5-8-15-9-6-12/h11-12,15H,3-10H2,1-2H3,(H,16,21). The minimum atomic E-state index is -0.125. The number of amides is 1. The van der Waals surface area contributed by atoms with Crippen LogP contribution >= 0.6 is 0 Å². The smallest absolute Gasteiger partial charge is 0.273 e. The molecule has 1 aromatic heterocycles. The van der Waals surface area contributed by atoms with Crippen molar-refractivity contribution in [3.05, 3.63) is 11.9 Å². The Morgan fingerprint density at radius 2 is 2.19 bits per heavy atom. The maximum absolute atomic E-state index is 12.0. The topological polar surface area (TPSA) is 75.1 Å². The van der Waals surface area contributed by atoms with Crippen molar-refractivity contribution in [1.29, 1.82) is 0 Å². The van der Waals surface area contributed by atoms with E-state index >= 15 is 0 Å². The van der Waals surface area contributed by atoms with Crippen LogP contribution in [0.3, 0.4) is 0 Å². The second-order valence-electron chi connectivity index (χ2n) is 5.83. The summed E-state index contributed by atoms with van der Waals surface area (Å²) in [6.45, 7) is 3.73. The maximum Gasteiger partial charge on any atom is 0.273 e. The Kier molecular flexibility index (Phi) is 6.13. The molecule has 2 rings (SSSR count). The van der Waals surface area contributed by atoms with Crippen LogP contribution in [0.1, 0.15) is 42.2 Å². The molecule has 7 nitrogen and oxygen atoms in total. The van der Waals surface area contributed by atoms with Crippen molar-refractivity contribution >= 4 is 5.91 Å². The minimum Gasteiger partial charge on any atom is -0.351 e. The van der Waals surface area contributed by atoms with Crippen molar-refractivity contribution in [2.24, 2.45) is 0 Å². The first-order valence-corrected chi connectivity index (χ1v) is 7.72. The van der Waals surface area contributed by atoms with Gasteiger partial charge < -0.3 is 15.5 Å². The zero-order valence-electron chi connectivity index (χ0n) is 13.0. The van der Waals surface area contributed by atoms with Gasteiger partial charge >= 0.3 is 0 Å². The molecule has 0 saturated carbocycles. The largest absolute Gasteiger partial charge is 0.351 e. The highest BCUT2D eigenvalue weighted by Crippen LogP contribution is 2.16.